The van der Waals surface area contributed by atoms with Gasteiger partial charge in [-0.1, -0.05) is 12.1 Å². The van der Waals surface area contributed by atoms with Gasteiger partial charge in [-0.3, -0.25) is 4.79 Å². The minimum atomic E-state index is -1.10. The van der Waals surface area contributed by atoms with Crippen molar-refractivity contribution in [3.8, 4) is 11.3 Å². The Morgan fingerprint density at radius 1 is 1.05 bits per heavy atom. The first-order chi connectivity index (χ1) is 18.9. The lowest BCUT2D eigenvalue weighted by Gasteiger charge is -2.65. The summed E-state index contributed by atoms with van der Waals surface area (Å²) in [4.78, 5) is 25.9. The minimum absolute atomic E-state index is 0.0966. The van der Waals surface area contributed by atoms with Crippen LogP contribution in [-0.2, 0) is 10.2 Å². The fourth-order valence-corrected chi connectivity index (χ4v) is 9.65. The van der Waals surface area contributed by atoms with Gasteiger partial charge in [0.25, 0.3) is 0 Å². The molecule has 2 aromatic heterocycles. The molecule has 7 aliphatic carbocycles. The van der Waals surface area contributed by atoms with Gasteiger partial charge in [0.15, 0.2) is 11.7 Å². The molecular weight excluding hydrogens is 509 g/mol. The molecule has 7 saturated carbocycles. The van der Waals surface area contributed by atoms with E-state index in [-0.39, 0.29) is 16.7 Å². The van der Waals surface area contributed by atoms with Gasteiger partial charge < -0.3 is 9.32 Å². The summed E-state index contributed by atoms with van der Waals surface area (Å²) in [5.41, 5.74) is 1.83. The van der Waals surface area contributed by atoms with E-state index < -0.39 is 11.1 Å². The highest BCUT2D eigenvalue weighted by molar-refractivity contribution is 7.09. The highest BCUT2D eigenvalue weighted by Crippen LogP contribution is 2.70. The second kappa shape index (κ2) is 7.59. The van der Waals surface area contributed by atoms with Crippen molar-refractivity contribution in [2.24, 2.45) is 10.8 Å². The van der Waals surface area contributed by atoms with Crippen molar-refractivity contribution in [3.63, 3.8) is 0 Å². The van der Waals surface area contributed by atoms with E-state index in [4.69, 9.17) is 9.40 Å². The van der Waals surface area contributed by atoms with Gasteiger partial charge in [-0.2, -0.15) is 0 Å². The average Bonchev–Trinajstić information content (AvgIpc) is 3.75. The second-order valence-corrected chi connectivity index (χ2v) is 14.9. The van der Waals surface area contributed by atoms with Crippen molar-refractivity contribution in [2.45, 2.75) is 100.0 Å². The van der Waals surface area contributed by atoms with E-state index in [9.17, 15) is 9.18 Å². The van der Waals surface area contributed by atoms with Crippen molar-refractivity contribution in [1.82, 2.24) is 9.97 Å². The molecular formula is C32H34FN3O2S. The number of carbonyl (C=O) groups is 1. The maximum Gasteiger partial charge on any atom is 0.233 e. The molecule has 0 aliphatic heterocycles. The van der Waals surface area contributed by atoms with Gasteiger partial charge in [0.05, 0.1) is 22.3 Å². The van der Waals surface area contributed by atoms with E-state index in [0.717, 1.165) is 67.8 Å². The van der Waals surface area contributed by atoms with Crippen LogP contribution in [0.1, 0.15) is 105 Å². The molecule has 0 spiro atoms. The minimum Gasteiger partial charge on any atom is -0.440 e. The van der Waals surface area contributed by atoms with E-state index in [2.05, 4.69) is 16.4 Å². The fourth-order valence-electron chi connectivity index (χ4n) is 8.49. The quantitative estimate of drug-likeness (QED) is 0.292. The molecule has 4 bridgehead atoms. The number of hydrogen-bond donors (Lipinski definition) is 0. The molecule has 39 heavy (non-hydrogen) atoms. The molecule has 5 nitrogen and oxygen atoms in total. The summed E-state index contributed by atoms with van der Waals surface area (Å²) in [5.74, 6) is 2.85. The summed E-state index contributed by atoms with van der Waals surface area (Å²) in [6, 6.07) is 8.19. The third-order valence-electron chi connectivity index (χ3n) is 11.0. The number of amides is 1. The number of alkyl halides is 1. The van der Waals surface area contributed by atoms with Crippen molar-refractivity contribution < 1.29 is 13.6 Å². The number of hydrogen-bond acceptors (Lipinski definition) is 5. The molecule has 0 atom stereocenters. The molecule has 0 unspecified atom stereocenters. The number of oxazole rings is 1. The standard InChI is InChI=1S/C32H34FN3O2S/c33-32-16-31(17-32,18-32)28(37)36(23-3-1-2-22(12-23)25-13-34-26(38-25)21-6-7-21)19-29-8-10-30(15-29,11-9-29)27-35-24(14-39-27)20-4-5-20/h1-3,12-14,20-21H,4-11,15-19H2. The topological polar surface area (TPSA) is 59.2 Å². The molecule has 1 amide bonds. The summed E-state index contributed by atoms with van der Waals surface area (Å²) in [5, 5.41) is 3.63. The summed E-state index contributed by atoms with van der Waals surface area (Å²) >= 11 is 1.87. The number of nitrogens with zero attached hydrogens (tertiary/aromatic N) is 3. The molecule has 202 valence electrons. The van der Waals surface area contributed by atoms with Gasteiger partial charge in [-0.25, -0.2) is 14.4 Å². The molecule has 0 radical (unpaired) electrons. The van der Waals surface area contributed by atoms with E-state index in [0.29, 0.717) is 37.6 Å². The van der Waals surface area contributed by atoms with Crippen molar-refractivity contribution in [3.05, 3.63) is 52.4 Å². The Labute approximate surface area is 232 Å². The van der Waals surface area contributed by atoms with Crippen LogP contribution in [0.5, 0.6) is 0 Å². The summed E-state index contributed by atoms with van der Waals surface area (Å²) in [6.45, 7) is 0.711. The number of halogens is 1. The number of benzene rings is 1. The zero-order valence-electron chi connectivity index (χ0n) is 22.3. The van der Waals surface area contributed by atoms with E-state index in [1.165, 1.54) is 23.5 Å². The van der Waals surface area contributed by atoms with Crippen LogP contribution in [0.15, 0.2) is 40.3 Å². The lowest BCUT2D eigenvalue weighted by molar-refractivity contribution is -0.211. The Hall–Kier alpha value is -2.54. The Bertz CT molecular complexity index is 1470. The zero-order chi connectivity index (χ0) is 26.0. The summed E-state index contributed by atoms with van der Waals surface area (Å²) < 4.78 is 20.7. The van der Waals surface area contributed by atoms with Gasteiger partial charge in [-0.15, -0.1) is 11.3 Å². The van der Waals surface area contributed by atoms with Crippen molar-refractivity contribution >= 4 is 22.9 Å². The Kier molecular flexibility index (Phi) is 4.52. The lowest BCUT2D eigenvalue weighted by Crippen LogP contribution is -2.70. The van der Waals surface area contributed by atoms with Crippen molar-refractivity contribution in [2.75, 3.05) is 11.4 Å². The molecule has 1 aromatic carbocycles. The lowest BCUT2D eigenvalue weighted by atomic mass is 9.42. The number of fused-ring (bicyclic) bond motifs is 2. The highest BCUT2D eigenvalue weighted by Gasteiger charge is 2.73. The first kappa shape index (κ1) is 23.2. The van der Waals surface area contributed by atoms with Crippen LogP contribution in [0, 0.1) is 10.8 Å². The fraction of sp³-hybridized carbons (Fsp3) is 0.594. The molecule has 7 heteroatoms. The van der Waals surface area contributed by atoms with Gasteiger partial charge in [0.1, 0.15) is 5.67 Å². The molecule has 10 rings (SSSR count). The number of thiazole rings is 1. The second-order valence-electron chi connectivity index (χ2n) is 14.0. The Balaban J connectivity index is 1.03. The number of carbonyl (C=O) groups excluding carboxylic acids is 1. The van der Waals surface area contributed by atoms with E-state index >= 15 is 0 Å². The van der Waals surface area contributed by atoms with E-state index in [1.807, 2.05) is 40.6 Å². The molecule has 2 heterocycles. The number of rotatable bonds is 8. The van der Waals surface area contributed by atoms with Crippen LogP contribution in [0.4, 0.5) is 10.1 Å². The van der Waals surface area contributed by atoms with Gasteiger partial charge in [-0.05, 0) is 94.6 Å². The maximum absolute atomic E-state index is 14.6. The predicted molar refractivity (Wildman–Crippen MR) is 148 cm³/mol. The first-order valence-corrected chi connectivity index (χ1v) is 15.8. The first-order valence-electron chi connectivity index (χ1n) is 14.9. The van der Waals surface area contributed by atoms with Crippen LogP contribution in [0.2, 0.25) is 0 Å². The van der Waals surface area contributed by atoms with Crippen LogP contribution >= 0.6 is 11.3 Å². The van der Waals surface area contributed by atoms with Gasteiger partial charge in [0, 0.05) is 40.4 Å². The third-order valence-corrected chi connectivity index (χ3v) is 12.1. The van der Waals surface area contributed by atoms with Gasteiger partial charge >= 0.3 is 0 Å². The predicted octanol–water partition coefficient (Wildman–Crippen LogP) is 7.68. The molecule has 0 saturated heterocycles. The summed E-state index contributed by atoms with van der Waals surface area (Å²) in [6.07, 6.45) is 13.5. The maximum atomic E-state index is 14.6. The summed E-state index contributed by atoms with van der Waals surface area (Å²) in [7, 11) is 0. The highest BCUT2D eigenvalue weighted by atomic mass is 32.1. The zero-order valence-corrected chi connectivity index (χ0v) is 23.1. The van der Waals surface area contributed by atoms with Gasteiger partial charge in [0.2, 0.25) is 5.91 Å². The smallest absolute Gasteiger partial charge is 0.233 e. The normalized spacial score (nSPS) is 36.0. The third kappa shape index (κ3) is 3.50. The average molecular weight is 544 g/mol. The number of aromatic nitrogens is 2. The SMILES string of the molecule is O=C(N(CC12CCC(c3nc(C4CC4)cs3)(CC1)C2)c1cccc(-c2cnc(C3CC3)o2)c1)C12CC(F)(C1)C2. The van der Waals surface area contributed by atoms with Crippen LogP contribution in [-0.4, -0.2) is 28.1 Å². The molecule has 0 N–H and O–H groups in total. The molecule has 7 aliphatic rings. The molecule has 3 aromatic rings. The van der Waals surface area contributed by atoms with Crippen LogP contribution in [0.3, 0.4) is 0 Å². The van der Waals surface area contributed by atoms with E-state index in [1.54, 1.807) is 0 Å². The monoisotopic (exact) mass is 543 g/mol. The van der Waals surface area contributed by atoms with Crippen molar-refractivity contribution in [1.29, 1.82) is 0 Å². The number of anilines is 1. The van der Waals surface area contributed by atoms with Crippen LogP contribution < -0.4 is 4.90 Å². The molecule has 7 fully saturated rings. The Morgan fingerprint density at radius 2 is 1.82 bits per heavy atom. The largest absolute Gasteiger partial charge is 0.440 e. The Morgan fingerprint density at radius 3 is 2.54 bits per heavy atom. The van der Waals surface area contributed by atoms with Crippen LogP contribution in [0.25, 0.3) is 11.3 Å².